The van der Waals surface area contributed by atoms with Crippen molar-refractivity contribution in [3.05, 3.63) is 71.9 Å². The van der Waals surface area contributed by atoms with Gasteiger partial charge in [0.1, 0.15) is 11.6 Å². The fourth-order valence-corrected chi connectivity index (χ4v) is 3.82. The Bertz CT molecular complexity index is 1070. The number of carbonyl (C=O) groups is 2. The molecule has 0 aliphatic carbocycles. The number of amides is 2. The maximum atomic E-state index is 13.1. The van der Waals surface area contributed by atoms with E-state index in [4.69, 9.17) is 4.74 Å². The minimum absolute atomic E-state index is 0.105. The molecule has 170 valence electrons. The lowest BCUT2D eigenvalue weighted by Crippen LogP contribution is -2.51. The molecule has 2 amide bonds. The van der Waals surface area contributed by atoms with Crippen LogP contribution in [-0.2, 0) is 29.4 Å². The maximum Gasteiger partial charge on any atom is 0.408 e. The summed E-state index contributed by atoms with van der Waals surface area (Å²) in [7, 11) is 2.02. The fraction of sp³-hybridized carbons (Fsp3) is 0.385. The second-order valence-corrected chi connectivity index (χ2v) is 9.28. The summed E-state index contributed by atoms with van der Waals surface area (Å²) in [6.07, 6.45) is 2.58. The third-order valence-corrected chi connectivity index (χ3v) is 5.18. The third kappa shape index (κ3) is 6.36. The van der Waals surface area contributed by atoms with Gasteiger partial charge in [0, 0.05) is 36.6 Å². The number of alkyl carbamates (subject to hydrolysis) is 1. The number of hydrogen-bond acceptors (Lipinski definition) is 3. The van der Waals surface area contributed by atoms with Crippen LogP contribution in [0.15, 0.2) is 60.8 Å². The zero-order valence-corrected chi connectivity index (χ0v) is 19.5. The van der Waals surface area contributed by atoms with Crippen LogP contribution in [0.5, 0.6) is 0 Å². The summed E-state index contributed by atoms with van der Waals surface area (Å²) >= 11 is 0. The van der Waals surface area contributed by atoms with Crippen LogP contribution in [0.25, 0.3) is 10.9 Å². The Labute approximate surface area is 190 Å². The van der Waals surface area contributed by atoms with Crippen molar-refractivity contribution in [3.63, 3.8) is 0 Å². The molecule has 0 radical (unpaired) electrons. The number of para-hydroxylation sites is 1. The standard InChI is InChI=1S/C26H33N3O3/c1-18(15-20-17-29(5)23-14-10-9-13-21(20)23)27-24(30)22(16-19-11-7-6-8-12-19)28-25(31)32-26(2,3)4/h6-14,17-18,22H,15-16H2,1-5H3,(H,27,30)(H,28,31)/t18-,22?/m0/s1. The van der Waals surface area contributed by atoms with Gasteiger partial charge in [0.15, 0.2) is 0 Å². The number of aryl methyl sites for hydroxylation is 1. The summed E-state index contributed by atoms with van der Waals surface area (Å²) < 4.78 is 7.47. The summed E-state index contributed by atoms with van der Waals surface area (Å²) in [5, 5.41) is 7.00. The summed E-state index contributed by atoms with van der Waals surface area (Å²) in [5.74, 6) is -0.229. The van der Waals surface area contributed by atoms with Gasteiger partial charge in [-0.1, -0.05) is 48.5 Å². The van der Waals surface area contributed by atoms with Crippen molar-refractivity contribution in [2.24, 2.45) is 7.05 Å². The lowest BCUT2D eigenvalue weighted by molar-refractivity contribution is -0.123. The van der Waals surface area contributed by atoms with Gasteiger partial charge in [-0.3, -0.25) is 4.79 Å². The summed E-state index contributed by atoms with van der Waals surface area (Å²) in [6, 6.07) is 17.0. The lowest BCUT2D eigenvalue weighted by atomic mass is 10.0. The van der Waals surface area contributed by atoms with E-state index >= 15 is 0 Å². The minimum atomic E-state index is -0.734. The molecular formula is C26H33N3O3. The van der Waals surface area contributed by atoms with Gasteiger partial charge in [-0.15, -0.1) is 0 Å². The molecule has 0 saturated carbocycles. The molecule has 0 aliphatic rings. The van der Waals surface area contributed by atoms with E-state index < -0.39 is 17.7 Å². The van der Waals surface area contributed by atoms with Crippen LogP contribution < -0.4 is 10.6 Å². The predicted molar refractivity (Wildman–Crippen MR) is 128 cm³/mol. The smallest absolute Gasteiger partial charge is 0.408 e. The molecule has 1 heterocycles. The first kappa shape index (κ1) is 23.4. The van der Waals surface area contributed by atoms with Crippen molar-refractivity contribution in [1.82, 2.24) is 15.2 Å². The van der Waals surface area contributed by atoms with Crippen molar-refractivity contribution >= 4 is 22.9 Å². The van der Waals surface area contributed by atoms with E-state index in [2.05, 4.69) is 33.5 Å². The van der Waals surface area contributed by atoms with E-state index in [1.807, 2.05) is 56.4 Å². The van der Waals surface area contributed by atoms with Gasteiger partial charge in [0.05, 0.1) is 0 Å². The zero-order valence-electron chi connectivity index (χ0n) is 19.5. The Kier molecular flexibility index (Phi) is 7.23. The first-order valence-electron chi connectivity index (χ1n) is 11.0. The molecule has 2 aromatic carbocycles. The first-order valence-corrected chi connectivity index (χ1v) is 11.0. The fourth-order valence-electron chi connectivity index (χ4n) is 3.82. The molecule has 2 atom stereocenters. The number of rotatable bonds is 7. The van der Waals surface area contributed by atoms with Crippen LogP contribution in [0.1, 0.15) is 38.8 Å². The van der Waals surface area contributed by atoms with E-state index in [9.17, 15) is 9.59 Å². The zero-order chi connectivity index (χ0) is 23.3. The van der Waals surface area contributed by atoms with Gasteiger partial charge in [0.25, 0.3) is 0 Å². The molecule has 1 aromatic heterocycles. The lowest BCUT2D eigenvalue weighted by Gasteiger charge is -2.24. The molecular weight excluding hydrogens is 402 g/mol. The quantitative estimate of drug-likeness (QED) is 0.579. The molecule has 32 heavy (non-hydrogen) atoms. The van der Waals surface area contributed by atoms with Crippen LogP contribution in [0.2, 0.25) is 0 Å². The highest BCUT2D eigenvalue weighted by Crippen LogP contribution is 2.21. The number of ether oxygens (including phenoxy) is 1. The highest BCUT2D eigenvalue weighted by atomic mass is 16.6. The van der Waals surface area contributed by atoms with E-state index in [0.717, 1.165) is 11.1 Å². The summed E-state index contributed by atoms with van der Waals surface area (Å²) in [6.45, 7) is 7.37. The average molecular weight is 436 g/mol. The minimum Gasteiger partial charge on any atom is -0.444 e. The van der Waals surface area contributed by atoms with Gasteiger partial charge in [-0.05, 0) is 51.3 Å². The number of aromatic nitrogens is 1. The topological polar surface area (TPSA) is 72.4 Å². The SMILES string of the molecule is C[C@@H](Cc1cn(C)c2ccccc12)NC(=O)C(Cc1ccccc1)NC(=O)OC(C)(C)C. The maximum absolute atomic E-state index is 13.1. The molecule has 1 unspecified atom stereocenters. The molecule has 0 spiro atoms. The molecule has 0 saturated heterocycles. The Hall–Kier alpha value is -3.28. The van der Waals surface area contributed by atoms with Crippen molar-refractivity contribution in [2.45, 2.75) is 58.2 Å². The Balaban J connectivity index is 1.70. The highest BCUT2D eigenvalue weighted by Gasteiger charge is 2.26. The number of nitrogens with one attached hydrogen (secondary N) is 2. The van der Waals surface area contributed by atoms with E-state index in [-0.39, 0.29) is 11.9 Å². The molecule has 2 N–H and O–H groups in total. The van der Waals surface area contributed by atoms with E-state index in [0.29, 0.717) is 12.8 Å². The molecule has 0 bridgehead atoms. The van der Waals surface area contributed by atoms with Gasteiger partial charge in [-0.2, -0.15) is 0 Å². The first-order chi connectivity index (χ1) is 15.1. The number of hydrogen-bond donors (Lipinski definition) is 2. The van der Waals surface area contributed by atoms with Gasteiger partial charge in [0.2, 0.25) is 5.91 Å². The second-order valence-electron chi connectivity index (χ2n) is 9.28. The van der Waals surface area contributed by atoms with Gasteiger partial charge < -0.3 is 19.9 Å². The van der Waals surface area contributed by atoms with E-state index in [1.54, 1.807) is 20.8 Å². The van der Waals surface area contributed by atoms with Gasteiger partial charge >= 0.3 is 6.09 Å². The van der Waals surface area contributed by atoms with Crippen LogP contribution in [0.4, 0.5) is 4.79 Å². The van der Waals surface area contributed by atoms with Crippen molar-refractivity contribution in [2.75, 3.05) is 0 Å². The Morgan fingerprint density at radius 2 is 1.62 bits per heavy atom. The molecule has 6 nitrogen and oxygen atoms in total. The summed E-state index contributed by atoms with van der Waals surface area (Å²) in [4.78, 5) is 25.5. The molecule has 6 heteroatoms. The van der Waals surface area contributed by atoms with Crippen LogP contribution in [0.3, 0.4) is 0 Å². The van der Waals surface area contributed by atoms with E-state index in [1.165, 1.54) is 10.9 Å². The van der Waals surface area contributed by atoms with Crippen molar-refractivity contribution in [3.8, 4) is 0 Å². The number of benzene rings is 2. The molecule has 0 aliphatic heterocycles. The number of carbonyl (C=O) groups excluding carboxylic acids is 2. The number of nitrogens with zero attached hydrogens (tertiary/aromatic N) is 1. The number of fused-ring (bicyclic) bond motifs is 1. The average Bonchev–Trinajstić information content (AvgIpc) is 3.02. The largest absolute Gasteiger partial charge is 0.444 e. The second kappa shape index (κ2) is 9.90. The molecule has 0 fully saturated rings. The van der Waals surface area contributed by atoms with Crippen LogP contribution in [-0.4, -0.2) is 34.3 Å². The normalized spacial score (nSPS) is 13.4. The molecule has 3 rings (SSSR count). The van der Waals surface area contributed by atoms with Crippen LogP contribution >= 0.6 is 0 Å². The van der Waals surface area contributed by atoms with Crippen molar-refractivity contribution < 1.29 is 14.3 Å². The third-order valence-electron chi connectivity index (χ3n) is 5.18. The van der Waals surface area contributed by atoms with Crippen molar-refractivity contribution in [1.29, 1.82) is 0 Å². The monoisotopic (exact) mass is 435 g/mol. The van der Waals surface area contributed by atoms with Crippen LogP contribution in [0, 0.1) is 0 Å². The van der Waals surface area contributed by atoms with Gasteiger partial charge in [-0.25, -0.2) is 4.79 Å². The molecule has 3 aromatic rings. The predicted octanol–water partition coefficient (Wildman–Crippen LogP) is 4.36. The summed E-state index contributed by atoms with van der Waals surface area (Å²) in [5.41, 5.74) is 2.66. The highest BCUT2D eigenvalue weighted by molar-refractivity contribution is 5.87. The Morgan fingerprint density at radius 1 is 0.969 bits per heavy atom. The Morgan fingerprint density at radius 3 is 2.31 bits per heavy atom.